The summed E-state index contributed by atoms with van der Waals surface area (Å²) in [7, 11) is 0. The van der Waals surface area contributed by atoms with Gasteiger partial charge >= 0.3 is 0 Å². The van der Waals surface area contributed by atoms with Gasteiger partial charge in [0.25, 0.3) is 0 Å². The summed E-state index contributed by atoms with van der Waals surface area (Å²) in [6, 6.07) is 9.40. The normalized spacial score (nSPS) is 10.6. The molecule has 0 saturated carbocycles. The predicted octanol–water partition coefficient (Wildman–Crippen LogP) is 2.64. The summed E-state index contributed by atoms with van der Waals surface area (Å²) in [6.45, 7) is 0.575. The van der Waals surface area contributed by atoms with Crippen molar-refractivity contribution in [3.8, 4) is 22.6 Å². The second kappa shape index (κ2) is 7.47. The molecule has 128 valence electrons. The van der Waals surface area contributed by atoms with E-state index in [9.17, 15) is 0 Å². The van der Waals surface area contributed by atoms with Crippen molar-refractivity contribution in [3.63, 3.8) is 0 Å². The summed E-state index contributed by atoms with van der Waals surface area (Å²) in [6.07, 6.45) is 9.18. The zero-order valence-electron chi connectivity index (χ0n) is 13.8. The van der Waals surface area contributed by atoms with Gasteiger partial charge in [-0.25, -0.2) is 9.97 Å². The zero-order chi connectivity index (χ0) is 17.6. The fourth-order valence-corrected chi connectivity index (χ4v) is 2.37. The van der Waals surface area contributed by atoms with Crippen molar-refractivity contribution in [3.05, 3.63) is 67.2 Å². The maximum Gasteiger partial charge on any atom is 0.228 e. The first-order valence-corrected chi connectivity index (χ1v) is 8.09. The van der Waals surface area contributed by atoms with Crippen LogP contribution in [-0.2, 0) is 6.42 Å². The molecule has 0 unspecified atom stereocenters. The number of hydrogen-bond donors (Lipinski definition) is 1. The van der Waals surface area contributed by atoms with Crippen molar-refractivity contribution in [1.29, 1.82) is 0 Å². The van der Waals surface area contributed by atoms with Crippen molar-refractivity contribution in [2.24, 2.45) is 0 Å². The fraction of sp³-hybridized carbons (Fsp3) is 0.111. The summed E-state index contributed by atoms with van der Waals surface area (Å²) >= 11 is 0. The molecule has 0 saturated heterocycles. The molecule has 0 aliphatic heterocycles. The van der Waals surface area contributed by atoms with E-state index in [1.54, 1.807) is 31.0 Å². The number of hydrogen-bond acceptors (Lipinski definition) is 8. The Balaban J connectivity index is 1.38. The standard InChI is InChI=1S/C18H15N7O/c1-3-13(11-19-7-1)15-5-9-21-18(23-15)22-10-6-16-24-17(25-26-16)14-4-2-8-20-12-14/h1-5,7-9,11-12H,6,10H2,(H,21,22,23). The van der Waals surface area contributed by atoms with Crippen molar-refractivity contribution < 1.29 is 4.52 Å². The van der Waals surface area contributed by atoms with Crippen LogP contribution in [0.5, 0.6) is 0 Å². The van der Waals surface area contributed by atoms with Gasteiger partial charge < -0.3 is 9.84 Å². The van der Waals surface area contributed by atoms with Crippen LogP contribution in [0.15, 0.2) is 65.8 Å². The Morgan fingerprint density at radius 1 is 0.885 bits per heavy atom. The predicted molar refractivity (Wildman–Crippen MR) is 95.0 cm³/mol. The van der Waals surface area contributed by atoms with Crippen molar-refractivity contribution in [2.45, 2.75) is 6.42 Å². The number of nitrogens with zero attached hydrogens (tertiary/aromatic N) is 6. The van der Waals surface area contributed by atoms with Gasteiger partial charge in [-0.2, -0.15) is 4.98 Å². The molecule has 4 rings (SSSR count). The highest BCUT2D eigenvalue weighted by Gasteiger charge is 2.09. The molecule has 8 heteroatoms. The molecule has 4 heterocycles. The highest BCUT2D eigenvalue weighted by Crippen LogP contribution is 2.16. The highest BCUT2D eigenvalue weighted by molar-refractivity contribution is 5.58. The Hall–Kier alpha value is -3.68. The van der Waals surface area contributed by atoms with Crippen LogP contribution in [-0.4, -0.2) is 36.6 Å². The van der Waals surface area contributed by atoms with Crippen molar-refractivity contribution >= 4 is 5.95 Å². The van der Waals surface area contributed by atoms with Crippen LogP contribution in [0.2, 0.25) is 0 Å². The molecular formula is C18H15N7O. The summed E-state index contributed by atoms with van der Waals surface area (Å²) in [5, 5.41) is 7.14. The Labute approximate surface area is 149 Å². The van der Waals surface area contributed by atoms with E-state index in [0.717, 1.165) is 16.8 Å². The summed E-state index contributed by atoms with van der Waals surface area (Å²) in [4.78, 5) is 21.2. The third-order valence-corrected chi connectivity index (χ3v) is 3.62. The Bertz CT molecular complexity index is 973. The van der Waals surface area contributed by atoms with Crippen LogP contribution in [0, 0.1) is 0 Å². The van der Waals surface area contributed by atoms with Gasteiger partial charge in [-0.3, -0.25) is 9.97 Å². The van der Waals surface area contributed by atoms with Crippen LogP contribution in [0.3, 0.4) is 0 Å². The largest absolute Gasteiger partial charge is 0.354 e. The van der Waals surface area contributed by atoms with Gasteiger partial charge in [0.05, 0.1) is 5.69 Å². The number of rotatable bonds is 6. The minimum atomic E-state index is 0.530. The van der Waals surface area contributed by atoms with E-state index in [2.05, 4.69) is 35.4 Å². The average molecular weight is 345 g/mol. The molecule has 8 nitrogen and oxygen atoms in total. The molecule has 0 atom stereocenters. The molecule has 0 aliphatic carbocycles. The van der Waals surface area contributed by atoms with E-state index in [0.29, 0.717) is 30.6 Å². The third-order valence-electron chi connectivity index (χ3n) is 3.62. The van der Waals surface area contributed by atoms with Gasteiger partial charge in [0, 0.05) is 55.1 Å². The molecule has 0 radical (unpaired) electrons. The molecule has 0 amide bonds. The topological polar surface area (TPSA) is 103 Å². The lowest BCUT2D eigenvalue weighted by Gasteiger charge is -2.05. The van der Waals surface area contributed by atoms with E-state index in [1.807, 2.05) is 30.3 Å². The van der Waals surface area contributed by atoms with Gasteiger partial charge in [0.1, 0.15) is 0 Å². The van der Waals surface area contributed by atoms with Crippen LogP contribution < -0.4 is 5.32 Å². The number of anilines is 1. The molecule has 0 spiro atoms. The summed E-state index contributed by atoms with van der Waals surface area (Å²) < 4.78 is 5.27. The van der Waals surface area contributed by atoms with Gasteiger partial charge in [-0.05, 0) is 30.3 Å². The molecule has 4 aromatic heterocycles. The van der Waals surface area contributed by atoms with Crippen LogP contribution in [0.4, 0.5) is 5.95 Å². The third kappa shape index (κ3) is 3.69. The van der Waals surface area contributed by atoms with Crippen molar-refractivity contribution in [2.75, 3.05) is 11.9 Å². The van der Waals surface area contributed by atoms with Crippen LogP contribution in [0.1, 0.15) is 5.89 Å². The minimum absolute atomic E-state index is 0.530. The molecule has 0 aromatic carbocycles. The van der Waals surface area contributed by atoms with Gasteiger partial charge in [0.15, 0.2) is 0 Å². The first-order valence-electron chi connectivity index (χ1n) is 8.09. The molecule has 0 fully saturated rings. The maximum absolute atomic E-state index is 5.27. The van der Waals surface area contributed by atoms with Crippen molar-refractivity contribution in [1.82, 2.24) is 30.1 Å². The van der Waals surface area contributed by atoms with E-state index < -0.39 is 0 Å². The van der Waals surface area contributed by atoms with E-state index in [4.69, 9.17) is 4.52 Å². The fourth-order valence-electron chi connectivity index (χ4n) is 2.37. The quantitative estimate of drug-likeness (QED) is 0.569. The Kier molecular flexibility index (Phi) is 4.55. The Morgan fingerprint density at radius 2 is 1.69 bits per heavy atom. The SMILES string of the molecule is c1cncc(-c2ccnc(NCCc3nc(-c4cccnc4)no3)n2)c1. The zero-order valence-corrected chi connectivity index (χ0v) is 13.8. The molecule has 0 aliphatic rings. The molecular weight excluding hydrogens is 330 g/mol. The first-order chi connectivity index (χ1) is 12.9. The molecule has 1 N–H and O–H groups in total. The lowest BCUT2D eigenvalue weighted by Crippen LogP contribution is -2.08. The lowest BCUT2D eigenvalue weighted by atomic mass is 10.2. The van der Waals surface area contributed by atoms with Gasteiger partial charge in [-0.15, -0.1) is 0 Å². The molecule has 26 heavy (non-hydrogen) atoms. The smallest absolute Gasteiger partial charge is 0.228 e. The number of nitrogens with one attached hydrogen (secondary N) is 1. The van der Waals surface area contributed by atoms with E-state index >= 15 is 0 Å². The lowest BCUT2D eigenvalue weighted by molar-refractivity contribution is 0.381. The molecule has 4 aromatic rings. The average Bonchev–Trinajstić information content (AvgIpc) is 3.19. The monoisotopic (exact) mass is 345 g/mol. The van der Waals surface area contributed by atoms with E-state index in [1.165, 1.54) is 0 Å². The second-order valence-electron chi connectivity index (χ2n) is 5.44. The van der Waals surface area contributed by atoms with Crippen LogP contribution in [0.25, 0.3) is 22.6 Å². The first kappa shape index (κ1) is 15.8. The molecule has 0 bridgehead atoms. The summed E-state index contributed by atoms with van der Waals surface area (Å²) in [5.41, 5.74) is 2.58. The number of aromatic nitrogens is 6. The Morgan fingerprint density at radius 3 is 2.46 bits per heavy atom. The van der Waals surface area contributed by atoms with Gasteiger partial charge in [-0.1, -0.05) is 5.16 Å². The maximum atomic E-state index is 5.27. The summed E-state index contributed by atoms with van der Waals surface area (Å²) in [5.74, 6) is 1.61. The minimum Gasteiger partial charge on any atom is -0.354 e. The highest BCUT2D eigenvalue weighted by atomic mass is 16.5. The second-order valence-corrected chi connectivity index (χ2v) is 5.44. The number of pyridine rings is 2. The van der Waals surface area contributed by atoms with E-state index in [-0.39, 0.29) is 0 Å². The van der Waals surface area contributed by atoms with Gasteiger partial charge in [0.2, 0.25) is 17.7 Å². The van der Waals surface area contributed by atoms with Crippen LogP contribution >= 0.6 is 0 Å².